The van der Waals surface area contributed by atoms with Gasteiger partial charge in [0.2, 0.25) is 0 Å². The summed E-state index contributed by atoms with van der Waals surface area (Å²) in [5, 5.41) is 8.74. The molecule has 1 rings (SSSR count). The van der Waals surface area contributed by atoms with E-state index in [1.807, 2.05) is 4.90 Å². The van der Waals surface area contributed by atoms with Crippen molar-refractivity contribution < 1.29 is 9.53 Å². The molecule has 1 unspecified atom stereocenters. The number of hydrogen-bond acceptors (Lipinski definition) is 3. The van der Waals surface area contributed by atoms with Crippen LogP contribution in [0.2, 0.25) is 0 Å². The molecule has 0 radical (unpaired) electrons. The summed E-state index contributed by atoms with van der Waals surface area (Å²) in [7, 11) is 0. The lowest BCUT2D eigenvalue weighted by Gasteiger charge is -2.25. The zero-order chi connectivity index (χ0) is 15.0. The largest absolute Gasteiger partial charge is 0.481 e. The Kier molecular flexibility index (Phi) is 6.58. The van der Waals surface area contributed by atoms with Gasteiger partial charge in [-0.25, -0.2) is 0 Å². The van der Waals surface area contributed by atoms with Gasteiger partial charge >= 0.3 is 0 Å². The average Bonchev–Trinajstić information content (AvgIpc) is 2.47. The van der Waals surface area contributed by atoms with Crippen LogP contribution in [0.25, 0.3) is 0 Å². The van der Waals surface area contributed by atoms with Crippen LogP contribution >= 0.6 is 0 Å². The fraction of sp³-hybridized carbons (Fsp3) is 0.500. The first kappa shape index (κ1) is 16.0. The maximum absolute atomic E-state index is 12.3. The van der Waals surface area contributed by atoms with E-state index in [1.54, 1.807) is 31.2 Å². The molecule has 0 aromatic heterocycles. The molecule has 0 aliphatic carbocycles. The van der Waals surface area contributed by atoms with Gasteiger partial charge in [0.1, 0.15) is 5.75 Å². The smallest absolute Gasteiger partial charge is 0.263 e. The van der Waals surface area contributed by atoms with Crippen molar-refractivity contribution in [3.63, 3.8) is 0 Å². The van der Waals surface area contributed by atoms with Crippen LogP contribution < -0.4 is 4.74 Å². The minimum Gasteiger partial charge on any atom is -0.481 e. The highest BCUT2D eigenvalue weighted by molar-refractivity contribution is 5.80. The van der Waals surface area contributed by atoms with Gasteiger partial charge < -0.3 is 9.64 Å². The molecule has 1 amide bonds. The first-order valence-electron chi connectivity index (χ1n) is 7.08. The van der Waals surface area contributed by atoms with Crippen molar-refractivity contribution in [2.75, 3.05) is 13.1 Å². The van der Waals surface area contributed by atoms with Crippen LogP contribution in [0.1, 0.15) is 39.2 Å². The molecule has 0 saturated heterocycles. The fourth-order valence-corrected chi connectivity index (χ4v) is 1.99. The third-order valence-corrected chi connectivity index (χ3v) is 2.94. The third kappa shape index (κ3) is 4.58. The number of nitriles is 1. The normalized spacial score (nSPS) is 11.5. The number of carbonyl (C=O) groups excluding carboxylic acids is 1. The topological polar surface area (TPSA) is 53.3 Å². The Morgan fingerprint density at radius 1 is 1.25 bits per heavy atom. The second-order valence-corrected chi connectivity index (χ2v) is 4.72. The number of benzene rings is 1. The van der Waals surface area contributed by atoms with Crippen LogP contribution in [0, 0.1) is 11.3 Å². The van der Waals surface area contributed by atoms with Gasteiger partial charge in [-0.2, -0.15) is 5.26 Å². The Balaban J connectivity index is 2.65. The molecule has 4 heteroatoms. The molecule has 4 nitrogen and oxygen atoms in total. The van der Waals surface area contributed by atoms with E-state index in [1.165, 1.54) is 0 Å². The molecule has 0 N–H and O–H groups in total. The molecule has 1 aromatic carbocycles. The highest BCUT2D eigenvalue weighted by Crippen LogP contribution is 2.14. The molecule has 0 heterocycles. The van der Waals surface area contributed by atoms with Gasteiger partial charge in [0.15, 0.2) is 6.10 Å². The molecule has 1 aromatic rings. The maximum atomic E-state index is 12.3. The van der Waals surface area contributed by atoms with Crippen molar-refractivity contribution in [3.8, 4) is 11.8 Å². The van der Waals surface area contributed by atoms with Crippen LogP contribution in [-0.2, 0) is 4.79 Å². The van der Waals surface area contributed by atoms with Gasteiger partial charge in [-0.05, 0) is 44.0 Å². The quantitative estimate of drug-likeness (QED) is 0.768. The summed E-state index contributed by atoms with van der Waals surface area (Å²) in [6, 6.07) is 8.85. The zero-order valence-electron chi connectivity index (χ0n) is 12.4. The van der Waals surface area contributed by atoms with Gasteiger partial charge in [-0.1, -0.05) is 13.8 Å². The van der Waals surface area contributed by atoms with Gasteiger partial charge in [-0.15, -0.1) is 0 Å². The number of hydrogen-bond donors (Lipinski definition) is 0. The van der Waals surface area contributed by atoms with Crippen molar-refractivity contribution in [1.82, 2.24) is 4.90 Å². The second kappa shape index (κ2) is 8.21. The zero-order valence-corrected chi connectivity index (χ0v) is 12.4. The second-order valence-electron chi connectivity index (χ2n) is 4.72. The van der Waals surface area contributed by atoms with E-state index in [4.69, 9.17) is 10.00 Å². The van der Waals surface area contributed by atoms with E-state index in [0.717, 1.165) is 25.9 Å². The van der Waals surface area contributed by atoms with Gasteiger partial charge in [-0.3, -0.25) is 4.79 Å². The van der Waals surface area contributed by atoms with E-state index >= 15 is 0 Å². The summed E-state index contributed by atoms with van der Waals surface area (Å²) in [6.45, 7) is 7.39. The first-order valence-corrected chi connectivity index (χ1v) is 7.08. The van der Waals surface area contributed by atoms with E-state index in [9.17, 15) is 4.79 Å². The standard InChI is InChI=1S/C16H22N2O2/c1-4-10-18(11-5-2)16(19)13(3)20-15-8-6-14(12-17)7-9-15/h6-9,13H,4-5,10-11H2,1-3H3. The molecular weight excluding hydrogens is 252 g/mol. The Bertz CT molecular complexity index is 456. The van der Waals surface area contributed by atoms with Crippen LogP contribution in [-0.4, -0.2) is 30.0 Å². The predicted molar refractivity (Wildman–Crippen MR) is 78.4 cm³/mol. The summed E-state index contributed by atoms with van der Waals surface area (Å²) >= 11 is 0. The number of rotatable bonds is 7. The summed E-state index contributed by atoms with van der Waals surface area (Å²) in [5.74, 6) is 0.621. The van der Waals surface area contributed by atoms with Crippen molar-refractivity contribution in [3.05, 3.63) is 29.8 Å². The molecule has 0 saturated carbocycles. The summed E-state index contributed by atoms with van der Waals surface area (Å²) in [4.78, 5) is 14.1. The Morgan fingerprint density at radius 3 is 2.25 bits per heavy atom. The average molecular weight is 274 g/mol. The van der Waals surface area contributed by atoms with Crippen molar-refractivity contribution in [2.24, 2.45) is 0 Å². The monoisotopic (exact) mass is 274 g/mol. The Hall–Kier alpha value is -2.02. The summed E-state index contributed by atoms with van der Waals surface area (Å²) in [5.41, 5.74) is 0.579. The van der Waals surface area contributed by atoms with Crippen molar-refractivity contribution in [1.29, 1.82) is 5.26 Å². The maximum Gasteiger partial charge on any atom is 0.263 e. The molecule has 0 aliphatic heterocycles. The summed E-state index contributed by atoms with van der Waals surface area (Å²) in [6.07, 6.45) is 1.37. The lowest BCUT2D eigenvalue weighted by atomic mass is 10.2. The van der Waals surface area contributed by atoms with Crippen LogP contribution in [0.5, 0.6) is 5.75 Å². The molecule has 0 spiro atoms. The minimum absolute atomic E-state index is 0.0121. The molecule has 20 heavy (non-hydrogen) atoms. The van der Waals surface area contributed by atoms with E-state index in [-0.39, 0.29) is 5.91 Å². The molecule has 0 fully saturated rings. The van der Waals surface area contributed by atoms with Gasteiger partial charge in [0, 0.05) is 13.1 Å². The fourth-order valence-electron chi connectivity index (χ4n) is 1.99. The predicted octanol–water partition coefficient (Wildman–Crippen LogP) is 2.97. The third-order valence-electron chi connectivity index (χ3n) is 2.94. The lowest BCUT2D eigenvalue weighted by Crippen LogP contribution is -2.41. The molecule has 108 valence electrons. The highest BCUT2D eigenvalue weighted by atomic mass is 16.5. The summed E-state index contributed by atoms with van der Waals surface area (Å²) < 4.78 is 5.65. The van der Waals surface area contributed by atoms with E-state index < -0.39 is 6.10 Å². The Labute approximate surface area is 121 Å². The first-order chi connectivity index (χ1) is 9.62. The van der Waals surface area contributed by atoms with Crippen molar-refractivity contribution in [2.45, 2.75) is 39.7 Å². The van der Waals surface area contributed by atoms with Crippen LogP contribution in [0.4, 0.5) is 0 Å². The lowest BCUT2D eigenvalue weighted by molar-refractivity contribution is -0.138. The molecular formula is C16H22N2O2. The number of nitrogens with zero attached hydrogens (tertiary/aromatic N) is 2. The van der Waals surface area contributed by atoms with E-state index in [2.05, 4.69) is 19.9 Å². The van der Waals surface area contributed by atoms with Gasteiger partial charge in [0.25, 0.3) is 5.91 Å². The van der Waals surface area contributed by atoms with Crippen molar-refractivity contribution >= 4 is 5.91 Å². The number of amides is 1. The van der Waals surface area contributed by atoms with Crippen LogP contribution in [0.3, 0.4) is 0 Å². The van der Waals surface area contributed by atoms with Crippen LogP contribution in [0.15, 0.2) is 24.3 Å². The molecule has 0 aliphatic rings. The minimum atomic E-state index is -0.513. The van der Waals surface area contributed by atoms with Gasteiger partial charge in [0.05, 0.1) is 11.6 Å². The number of carbonyl (C=O) groups is 1. The molecule has 1 atom stereocenters. The SMILES string of the molecule is CCCN(CCC)C(=O)C(C)Oc1ccc(C#N)cc1. The molecule has 0 bridgehead atoms. The number of ether oxygens (including phenoxy) is 1. The Morgan fingerprint density at radius 2 is 1.80 bits per heavy atom. The van der Waals surface area contributed by atoms with E-state index in [0.29, 0.717) is 11.3 Å². The highest BCUT2D eigenvalue weighted by Gasteiger charge is 2.20.